The highest BCUT2D eigenvalue weighted by Crippen LogP contribution is 2.05. The van der Waals surface area contributed by atoms with Crippen LogP contribution in [0, 0.1) is 0 Å². The molecule has 0 fully saturated rings. The molecular formula is C12H21N3SSi. The molecule has 0 aromatic carbocycles. The van der Waals surface area contributed by atoms with Crippen LogP contribution < -0.4 is 5.49 Å². The molecule has 0 radical (unpaired) electrons. The predicted molar refractivity (Wildman–Crippen MR) is 80.1 cm³/mol. The van der Waals surface area contributed by atoms with Gasteiger partial charge in [-0.15, -0.1) is 0 Å². The first-order valence-corrected chi connectivity index (χ1v) is 10.6. The summed E-state index contributed by atoms with van der Waals surface area (Å²) in [5, 5.41) is 0.870. The van der Waals surface area contributed by atoms with E-state index in [1.165, 1.54) is 0 Å². The fraction of sp³-hybridized carbons (Fsp3) is 0.500. The van der Waals surface area contributed by atoms with Crippen molar-refractivity contribution in [3.63, 3.8) is 0 Å². The van der Waals surface area contributed by atoms with E-state index in [2.05, 4.69) is 29.6 Å². The van der Waals surface area contributed by atoms with E-state index < -0.39 is 8.07 Å². The molecule has 94 valence electrons. The number of pyridine rings is 1. The average Bonchev–Trinajstić information content (AvgIpc) is 2.25. The molecule has 0 aliphatic carbocycles. The molecule has 0 bridgehead atoms. The zero-order valence-electron chi connectivity index (χ0n) is 11.3. The first-order valence-electron chi connectivity index (χ1n) is 5.67. The van der Waals surface area contributed by atoms with E-state index in [4.69, 9.17) is 0 Å². The molecule has 0 saturated heterocycles. The van der Waals surface area contributed by atoms with Crippen LogP contribution in [0.25, 0.3) is 0 Å². The van der Waals surface area contributed by atoms with E-state index in [0.717, 1.165) is 16.8 Å². The summed E-state index contributed by atoms with van der Waals surface area (Å²) in [6, 6.07) is 5.99. The van der Waals surface area contributed by atoms with Crippen LogP contribution in [0.3, 0.4) is 0 Å². The van der Waals surface area contributed by atoms with Crippen LogP contribution >= 0.6 is 11.8 Å². The predicted octanol–water partition coefficient (Wildman–Crippen LogP) is 2.52. The Kier molecular flexibility index (Phi) is 5.20. The second kappa shape index (κ2) is 6.21. The Labute approximate surface area is 109 Å². The monoisotopic (exact) mass is 267 g/mol. The van der Waals surface area contributed by atoms with Gasteiger partial charge in [0.2, 0.25) is 0 Å². The summed E-state index contributed by atoms with van der Waals surface area (Å²) in [7, 11) is 0.861. The van der Waals surface area contributed by atoms with Gasteiger partial charge in [0.05, 0.1) is 8.07 Å². The van der Waals surface area contributed by atoms with E-state index in [0.29, 0.717) is 0 Å². The largest absolute Gasteiger partial charge is 0.336 e. The summed E-state index contributed by atoms with van der Waals surface area (Å²) in [5.41, 5.74) is 0.941. The van der Waals surface area contributed by atoms with Crippen molar-refractivity contribution in [1.29, 1.82) is 0 Å². The van der Waals surface area contributed by atoms with Crippen molar-refractivity contribution in [1.82, 2.24) is 4.57 Å². The lowest BCUT2D eigenvalue weighted by atomic mass is 10.5. The highest BCUT2D eigenvalue weighted by Gasteiger charge is 2.12. The zero-order valence-corrected chi connectivity index (χ0v) is 13.1. The van der Waals surface area contributed by atoms with E-state index >= 15 is 0 Å². The molecule has 0 aliphatic rings. The summed E-state index contributed by atoms with van der Waals surface area (Å²) < 4.78 is 2.00. The van der Waals surface area contributed by atoms with Crippen molar-refractivity contribution in [3.05, 3.63) is 29.9 Å². The number of aryl methyl sites for hydroxylation is 1. The minimum atomic E-state index is -1.13. The molecule has 0 aliphatic heterocycles. The zero-order chi connectivity index (χ0) is 12.9. The van der Waals surface area contributed by atoms with Gasteiger partial charge >= 0.3 is 0 Å². The van der Waals surface area contributed by atoms with Crippen molar-refractivity contribution < 1.29 is 0 Å². The molecule has 1 heterocycles. The van der Waals surface area contributed by atoms with Gasteiger partial charge in [-0.1, -0.05) is 37.5 Å². The maximum absolute atomic E-state index is 4.61. The lowest BCUT2D eigenvalue weighted by Crippen LogP contribution is -2.25. The number of rotatable bonds is 2. The van der Waals surface area contributed by atoms with Crippen LogP contribution in [0.5, 0.6) is 0 Å². The quantitative estimate of drug-likeness (QED) is 0.460. The molecule has 1 aromatic heterocycles. The maximum atomic E-state index is 4.61. The van der Waals surface area contributed by atoms with E-state index in [9.17, 15) is 0 Å². The van der Waals surface area contributed by atoms with E-state index in [1.807, 2.05) is 42.3 Å². The fourth-order valence-electron chi connectivity index (χ4n) is 1.18. The molecule has 1 aromatic rings. The Hall–Kier alpha value is -0.813. The van der Waals surface area contributed by atoms with Crippen LogP contribution in [-0.4, -0.2) is 30.2 Å². The number of aliphatic imine (C=N–C) groups is 1. The van der Waals surface area contributed by atoms with E-state index in [-0.39, 0.29) is 0 Å². The van der Waals surface area contributed by atoms with Gasteiger partial charge in [0.1, 0.15) is 5.49 Å². The van der Waals surface area contributed by atoms with Gasteiger partial charge in [0, 0.05) is 19.4 Å². The number of amidine groups is 1. The number of nitrogens with zero attached hydrogens (tertiary/aromatic N) is 3. The molecule has 5 heteroatoms. The van der Waals surface area contributed by atoms with Crippen molar-refractivity contribution >= 4 is 25.0 Å². The molecule has 0 saturated carbocycles. The van der Waals surface area contributed by atoms with Crippen LogP contribution in [0.15, 0.2) is 34.4 Å². The second-order valence-electron chi connectivity index (χ2n) is 5.15. The molecule has 1 rings (SSSR count). The first-order chi connectivity index (χ1) is 7.92. The summed E-state index contributed by atoms with van der Waals surface area (Å²) >= 11 is 1.61. The third kappa shape index (κ3) is 5.36. The summed E-state index contributed by atoms with van der Waals surface area (Å²) in [5.74, 6) is 0. The molecular weight excluding hydrogens is 246 g/mol. The van der Waals surface area contributed by atoms with Crippen LogP contribution in [0.1, 0.15) is 0 Å². The van der Waals surface area contributed by atoms with Gasteiger partial charge in [0.25, 0.3) is 0 Å². The van der Waals surface area contributed by atoms with Gasteiger partial charge in [0.15, 0.2) is 5.17 Å². The van der Waals surface area contributed by atoms with Crippen LogP contribution in [0.4, 0.5) is 0 Å². The summed E-state index contributed by atoms with van der Waals surface area (Å²) in [6.07, 6.45) is 4.95. The van der Waals surface area contributed by atoms with Crippen molar-refractivity contribution in [2.24, 2.45) is 17.0 Å². The topological polar surface area (TPSA) is 29.6 Å². The Balaban J connectivity index is 2.98. The highest BCUT2D eigenvalue weighted by atomic mass is 32.2. The van der Waals surface area contributed by atoms with Crippen LogP contribution in [-0.2, 0) is 7.05 Å². The normalized spacial score (nSPS) is 14.2. The Bertz CT molecular complexity index is 457. The molecule has 0 spiro atoms. The Morgan fingerprint density at radius 2 is 2.06 bits per heavy atom. The Morgan fingerprint density at radius 1 is 1.35 bits per heavy atom. The van der Waals surface area contributed by atoms with Gasteiger partial charge < -0.3 is 4.57 Å². The minimum absolute atomic E-state index is 0.870. The number of thioether (sulfide) groups is 1. The number of hydrogen-bond donors (Lipinski definition) is 0. The lowest BCUT2D eigenvalue weighted by molar-refractivity contribution is 0.839. The van der Waals surface area contributed by atoms with Crippen LogP contribution in [0.2, 0.25) is 19.6 Å². The molecule has 0 amide bonds. The van der Waals surface area contributed by atoms with E-state index in [1.54, 1.807) is 11.8 Å². The maximum Gasteiger partial charge on any atom is 0.184 e. The lowest BCUT2D eigenvalue weighted by Gasteiger charge is -2.11. The molecule has 0 N–H and O–H groups in total. The SMILES string of the molecule is CSC(=N\C[Si](C)(C)C)/N=c1\ccccn1C. The molecule has 0 unspecified atom stereocenters. The summed E-state index contributed by atoms with van der Waals surface area (Å²) in [4.78, 5) is 9.19. The minimum Gasteiger partial charge on any atom is -0.336 e. The molecule has 3 nitrogen and oxygen atoms in total. The highest BCUT2D eigenvalue weighted by molar-refractivity contribution is 8.13. The molecule has 0 atom stereocenters. The van der Waals surface area contributed by atoms with Gasteiger partial charge in [-0.2, -0.15) is 0 Å². The molecule has 17 heavy (non-hydrogen) atoms. The number of aromatic nitrogens is 1. The third-order valence-electron chi connectivity index (χ3n) is 2.11. The Morgan fingerprint density at radius 3 is 2.59 bits per heavy atom. The second-order valence-corrected chi connectivity index (χ2v) is 11.4. The summed E-state index contributed by atoms with van der Waals surface area (Å²) in [6.45, 7) is 6.95. The number of hydrogen-bond acceptors (Lipinski definition) is 2. The fourth-order valence-corrected chi connectivity index (χ4v) is 2.30. The van der Waals surface area contributed by atoms with Gasteiger partial charge in [-0.05, 0) is 18.4 Å². The first kappa shape index (κ1) is 14.2. The van der Waals surface area contributed by atoms with Crippen molar-refractivity contribution in [2.75, 3.05) is 12.4 Å². The van der Waals surface area contributed by atoms with Gasteiger partial charge in [-0.25, -0.2) is 4.99 Å². The van der Waals surface area contributed by atoms with Crippen molar-refractivity contribution in [2.45, 2.75) is 19.6 Å². The van der Waals surface area contributed by atoms with Crippen molar-refractivity contribution in [3.8, 4) is 0 Å². The van der Waals surface area contributed by atoms with Gasteiger partial charge in [-0.3, -0.25) is 4.99 Å². The smallest absolute Gasteiger partial charge is 0.184 e. The third-order valence-corrected chi connectivity index (χ3v) is 3.80. The average molecular weight is 267 g/mol. The standard InChI is InChI=1S/C12H21N3SSi/c1-15-9-7-6-8-11(15)14-12(16-2)13-10-17(3,4)5/h6-9H,10H2,1-5H3/b13-12-,14-11+.